The van der Waals surface area contributed by atoms with E-state index in [0.717, 1.165) is 36.6 Å². The molecule has 3 aromatic rings. The van der Waals surface area contributed by atoms with Gasteiger partial charge in [-0.3, -0.25) is 9.69 Å². The largest absolute Gasteiger partial charge is 0.454 e. The Morgan fingerprint density at radius 2 is 1.86 bits per heavy atom. The number of benzene rings is 2. The molecular formula is C27H30N6O4. The van der Waals surface area contributed by atoms with E-state index in [2.05, 4.69) is 27.3 Å². The molecule has 192 valence electrons. The molecule has 37 heavy (non-hydrogen) atoms. The molecule has 10 nitrogen and oxygen atoms in total. The highest BCUT2D eigenvalue weighted by Gasteiger charge is 2.30. The molecule has 0 radical (unpaired) electrons. The zero-order chi connectivity index (χ0) is 25.6. The highest BCUT2D eigenvalue weighted by Crippen LogP contribution is 2.33. The zero-order valence-corrected chi connectivity index (χ0v) is 20.9. The van der Waals surface area contributed by atoms with Gasteiger partial charge in [-0.15, -0.1) is 0 Å². The van der Waals surface area contributed by atoms with Crippen LogP contribution in [0.5, 0.6) is 11.5 Å². The summed E-state index contributed by atoms with van der Waals surface area (Å²) in [5.74, 6) is 0.744. The summed E-state index contributed by atoms with van der Waals surface area (Å²) < 4.78 is 16.0. The fraction of sp³-hybridized carbons (Fsp3) is 0.407. The lowest BCUT2D eigenvalue weighted by molar-refractivity contribution is -0.121. The molecule has 1 saturated heterocycles. The van der Waals surface area contributed by atoms with E-state index < -0.39 is 5.92 Å². The van der Waals surface area contributed by atoms with Crippen LogP contribution in [0.15, 0.2) is 42.5 Å². The zero-order valence-electron chi connectivity index (χ0n) is 20.9. The maximum Gasteiger partial charge on any atom is 0.243 e. The number of anilines is 1. The van der Waals surface area contributed by atoms with Crippen molar-refractivity contribution in [3.8, 4) is 17.6 Å². The van der Waals surface area contributed by atoms with Crippen molar-refractivity contribution in [3.05, 3.63) is 53.7 Å². The number of ether oxygens (including phenoxy) is 3. The van der Waals surface area contributed by atoms with E-state index in [4.69, 9.17) is 24.2 Å². The van der Waals surface area contributed by atoms with Crippen LogP contribution in [0, 0.1) is 11.3 Å². The Balaban J connectivity index is 1.33. The summed E-state index contributed by atoms with van der Waals surface area (Å²) in [6, 6.07) is 15.7. The van der Waals surface area contributed by atoms with Crippen molar-refractivity contribution in [1.29, 1.82) is 5.26 Å². The van der Waals surface area contributed by atoms with Crippen LogP contribution in [-0.2, 0) is 16.1 Å². The number of nitriles is 1. The van der Waals surface area contributed by atoms with E-state index in [1.165, 1.54) is 5.56 Å². The number of amides is 1. The summed E-state index contributed by atoms with van der Waals surface area (Å²) in [5, 5.41) is 12.8. The van der Waals surface area contributed by atoms with Crippen LogP contribution < -0.4 is 19.7 Å². The fourth-order valence-corrected chi connectivity index (χ4v) is 4.62. The summed E-state index contributed by atoms with van der Waals surface area (Å²) in [5.41, 5.74) is 2.96. The molecule has 2 aliphatic heterocycles. The van der Waals surface area contributed by atoms with Gasteiger partial charge >= 0.3 is 0 Å². The van der Waals surface area contributed by atoms with Gasteiger partial charge in [-0.1, -0.05) is 18.2 Å². The minimum absolute atomic E-state index is 0.265. The van der Waals surface area contributed by atoms with E-state index >= 15 is 0 Å². The summed E-state index contributed by atoms with van der Waals surface area (Å²) in [4.78, 5) is 27.1. The molecule has 1 aromatic heterocycles. The molecule has 0 bridgehead atoms. The molecule has 0 aliphatic carbocycles. The number of nitrogens with one attached hydrogen (secondary N) is 1. The van der Waals surface area contributed by atoms with Gasteiger partial charge in [0.05, 0.1) is 17.1 Å². The van der Waals surface area contributed by atoms with Gasteiger partial charge in [-0.05, 0) is 36.2 Å². The van der Waals surface area contributed by atoms with Crippen LogP contribution in [-0.4, -0.2) is 74.0 Å². The van der Waals surface area contributed by atoms with Gasteiger partial charge < -0.3 is 24.4 Å². The quantitative estimate of drug-likeness (QED) is 0.441. The third kappa shape index (κ3) is 5.58. The van der Waals surface area contributed by atoms with Crippen molar-refractivity contribution in [2.75, 3.05) is 58.1 Å². The number of nitrogens with zero attached hydrogens (tertiary/aromatic N) is 5. The molecule has 1 amide bonds. The molecule has 0 saturated carbocycles. The summed E-state index contributed by atoms with van der Waals surface area (Å²) in [7, 11) is 1.62. The number of para-hydroxylation sites is 2. The number of carbonyl (C=O) groups is 1. The second-order valence-electron chi connectivity index (χ2n) is 9.07. The molecule has 1 fully saturated rings. The Bertz CT molecular complexity index is 1300. The van der Waals surface area contributed by atoms with Crippen molar-refractivity contribution in [2.45, 2.75) is 18.9 Å². The SMILES string of the molecule is COCCCNC(=O)[C@H](C#N)c1nc2ccccc2nc1N1CCN(Cc2ccc3c(c2)OCO3)CC1. The van der Waals surface area contributed by atoms with Gasteiger partial charge in [-0.2, -0.15) is 5.26 Å². The molecule has 5 rings (SSSR count). The van der Waals surface area contributed by atoms with E-state index in [9.17, 15) is 10.1 Å². The number of piperazine rings is 1. The number of methoxy groups -OCH3 is 1. The second kappa shape index (κ2) is 11.4. The maximum absolute atomic E-state index is 13.0. The topological polar surface area (TPSA) is 113 Å². The molecule has 2 aromatic carbocycles. The van der Waals surface area contributed by atoms with Gasteiger partial charge in [0.2, 0.25) is 12.7 Å². The molecule has 3 heterocycles. The van der Waals surface area contributed by atoms with Crippen molar-refractivity contribution >= 4 is 22.8 Å². The van der Waals surface area contributed by atoms with E-state index in [1.54, 1.807) is 7.11 Å². The van der Waals surface area contributed by atoms with Crippen LogP contribution in [0.3, 0.4) is 0 Å². The first-order chi connectivity index (χ1) is 18.2. The Kier molecular flexibility index (Phi) is 7.63. The Hall–Kier alpha value is -3.94. The lowest BCUT2D eigenvalue weighted by Gasteiger charge is -2.36. The predicted octanol–water partition coefficient (Wildman–Crippen LogP) is 2.44. The van der Waals surface area contributed by atoms with Gasteiger partial charge in [0.15, 0.2) is 23.2 Å². The standard InChI is InChI=1S/C27H30N6O4/c1-35-14-4-9-29-27(34)20(16-28)25-26(31-22-6-3-2-5-21(22)30-25)33-12-10-32(11-13-33)17-19-7-8-23-24(15-19)37-18-36-23/h2-3,5-8,15,20H,4,9-14,17-18H2,1H3,(H,29,34)/t20-/m1/s1. The number of hydrogen-bond acceptors (Lipinski definition) is 9. The van der Waals surface area contributed by atoms with E-state index in [0.29, 0.717) is 49.7 Å². The lowest BCUT2D eigenvalue weighted by Crippen LogP contribution is -2.47. The Morgan fingerprint density at radius 3 is 2.62 bits per heavy atom. The minimum atomic E-state index is -1.05. The molecule has 0 unspecified atom stereocenters. The molecule has 1 atom stereocenters. The van der Waals surface area contributed by atoms with Crippen LogP contribution in [0.25, 0.3) is 11.0 Å². The van der Waals surface area contributed by atoms with Crippen molar-refractivity contribution in [2.24, 2.45) is 0 Å². The van der Waals surface area contributed by atoms with E-state index in [-0.39, 0.29) is 12.7 Å². The number of carbonyl (C=O) groups excluding carboxylic acids is 1. The van der Waals surface area contributed by atoms with Crippen LogP contribution >= 0.6 is 0 Å². The first kappa shape index (κ1) is 24.7. The van der Waals surface area contributed by atoms with Crippen molar-refractivity contribution in [3.63, 3.8) is 0 Å². The average molecular weight is 503 g/mol. The van der Waals surface area contributed by atoms with Gasteiger partial charge in [0.25, 0.3) is 0 Å². The highest BCUT2D eigenvalue weighted by atomic mass is 16.7. The Morgan fingerprint density at radius 1 is 1.11 bits per heavy atom. The monoisotopic (exact) mass is 502 g/mol. The summed E-state index contributed by atoms with van der Waals surface area (Å²) in [6.45, 7) is 5.06. The number of hydrogen-bond donors (Lipinski definition) is 1. The number of aromatic nitrogens is 2. The normalized spacial score (nSPS) is 15.9. The molecular weight excluding hydrogens is 472 g/mol. The third-order valence-corrected chi connectivity index (χ3v) is 6.58. The van der Waals surface area contributed by atoms with Gasteiger partial charge in [0.1, 0.15) is 5.69 Å². The molecule has 1 N–H and O–H groups in total. The highest BCUT2D eigenvalue weighted by molar-refractivity contribution is 5.88. The minimum Gasteiger partial charge on any atom is -0.454 e. The van der Waals surface area contributed by atoms with Gasteiger partial charge in [0, 0.05) is 53.0 Å². The molecule has 2 aliphatic rings. The summed E-state index contributed by atoms with van der Waals surface area (Å²) >= 11 is 0. The summed E-state index contributed by atoms with van der Waals surface area (Å²) in [6.07, 6.45) is 0.669. The predicted molar refractivity (Wildman–Crippen MR) is 137 cm³/mol. The smallest absolute Gasteiger partial charge is 0.243 e. The first-order valence-electron chi connectivity index (χ1n) is 12.4. The number of rotatable bonds is 9. The van der Waals surface area contributed by atoms with E-state index in [1.807, 2.05) is 36.4 Å². The maximum atomic E-state index is 13.0. The fourth-order valence-electron chi connectivity index (χ4n) is 4.62. The van der Waals surface area contributed by atoms with Crippen LogP contribution in [0.1, 0.15) is 23.6 Å². The molecule has 10 heteroatoms. The van der Waals surface area contributed by atoms with Crippen molar-refractivity contribution < 1.29 is 19.0 Å². The third-order valence-electron chi connectivity index (χ3n) is 6.58. The second-order valence-corrected chi connectivity index (χ2v) is 9.07. The molecule has 0 spiro atoms. The van der Waals surface area contributed by atoms with Gasteiger partial charge in [-0.25, -0.2) is 9.97 Å². The van der Waals surface area contributed by atoms with Crippen molar-refractivity contribution in [1.82, 2.24) is 20.2 Å². The Labute approximate surface area is 215 Å². The van der Waals surface area contributed by atoms with Crippen LogP contribution in [0.2, 0.25) is 0 Å². The number of fused-ring (bicyclic) bond motifs is 2. The van der Waals surface area contributed by atoms with Crippen LogP contribution in [0.4, 0.5) is 5.82 Å². The average Bonchev–Trinajstić information content (AvgIpc) is 3.40. The lowest BCUT2D eigenvalue weighted by atomic mass is 10.0. The first-order valence-corrected chi connectivity index (χ1v) is 12.4.